The SMILES string of the molecule is CC(CC(=O)N1CCNCC1)n1cccn1. The molecule has 0 bridgehead atoms. The van der Waals surface area contributed by atoms with Gasteiger partial charge in [-0.25, -0.2) is 0 Å². The molecule has 0 aliphatic carbocycles. The fourth-order valence-electron chi connectivity index (χ4n) is 1.93. The monoisotopic (exact) mass is 222 g/mol. The first-order valence-corrected chi connectivity index (χ1v) is 5.75. The number of hydrogen-bond acceptors (Lipinski definition) is 3. The van der Waals surface area contributed by atoms with E-state index in [9.17, 15) is 4.79 Å². The van der Waals surface area contributed by atoms with Gasteiger partial charge in [0, 0.05) is 45.0 Å². The van der Waals surface area contributed by atoms with Gasteiger partial charge in [-0.3, -0.25) is 9.48 Å². The second kappa shape index (κ2) is 5.12. The number of nitrogens with one attached hydrogen (secondary N) is 1. The summed E-state index contributed by atoms with van der Waals surface area (Å²) in [5, 5.41) is 7.39. The molecule has 2 rings (SSSR count). The van der Waals surface area contributed by atoms with Gasteiger partial charge in [0.05, 0.1) is 6.04 Å². The van der Waals surface area contributed by atoms with Gasteiger partial charge in [0.2, 0.25) is 5.91 Å². The zero-order valence-electron chi connectivity index (χ0n) is 9.59. The summed E-state index contributed by atoms with van der Waals surface area (Å²) in [6.45, 7) is 5.48. The van der Waals surface area contributed by atoms with Crippen LogP contribution in [0.3, 0.4) is 0 Å². The first-order chi connectivity index (χ1) is 7.77. The number of amides is 1. The molecule has 1 N–H and O–H groups in total. The molecule has 1 fully saturated rings. The summed E-state index contributed by atoms with van der Waals surface area (Å²) in [5.41, 5.74) is 0. The van der Waals surface area contributed by atoms with Crippen molar-refractivity contribution in [2.75, 3.05) is 26.2 Å². The number of carbonyl (C=O) groups is 1. The van der Waals surface area contributed by atoms with Crippen LogP contribution in [0.5, 0.6) is 0 Å². The zero-order valence-corrected chi connectivity index (χ0v) is 9.59. The molecule has 5 nitrogen and oxygen atoms in total. The average Bonchev–Trinajstić information content (AvgIpc) is 2.83. The van der Waals surface area contributed by atoms with Crippen LogP contribution in [0.4, 0.5) is 0 Å². The molecule has 1 aliphatic heterocycles. The minimum absolute atomic E-state index is 0.136. The van der Waals surface area contributed by atoms with E-state index in [1.165, 1.54) is 0 Å². The van der Waals surface area contributed by atoms with Gasteiger partial charge in [0.15, 0.2) is 0 Å². The lowest BCUT2D eigenvalue weighted by Crippen LogP contribution is -2.46. The Labute approximate surface area is 95.4 Å². The molecule has 5 heteroatoms. The van der Waals surface area contributed by atoms with Gasteiger partial charge >= 0.3 is 0 Å². The quantitative estimate of drug-likeness (QED) is 0.798. The predicted molar refractivity (Wildman–Crippen MR) is 61.0 cm³/mol. The van der Waals surface area contributed by atoms with Crippen LogP contribution in [-0.2, 0) is 4.79 Å². The summed E-state index contributed by atoms with van der Waals surface area (Å²) in [7, 11) is 0. The number of piperazine rings is 1. The van der Waals surface area contributed by atoms with Gasteiger partial charge < -0.3 is 10.2 Å². The van der Waals surface area contributed by atoms with Crippen LogP contribution in [-0.4, -0.2) is 46.8 Å². The standard InChI is InChI=1S/C11H18N4O/c1-10(15-6-2-3-13-15)9-11(16)14-7-4-12-5-8-14/h2-3,6,10,12H,4-5,7-9H2,1H3. The largest absolute Gasteiger partial charge is 0.340 e. The van der Waals surface area contributed by atoms with Crippen molar-refractivity contribution < 1.29 is 4.79 Å². The second-order valence-corrected chi connectivity index (χ2v) is 4.17. The molecule has 2 heterocycles. The highest BCUT2D eigenvalue weighted by Gasteiger charge is 2.19. The van der Waals surface area contributed by atoms with Crippen molar-refractivity contribution >= 4 is 5.91 Å². The molecule has 0 spiro atoms. The molecule has 1 aromatic rings. The Balaban J connectivity index is 1.86. The van der Waals surface area contributed by atoms with Gasteiger partial charge in [0.25, 0.3) is 0 Å². The summed E-state index contributed by atoms with van der Waals surface area (Å²) in [6, 6.07) is 2.02. The van der Waals surface area contributed by atoms with E-state index in [2.05, 4.69) is 10.4 Å². The van der Waals surface area contributed by atoms with Crippen LogP contribution in [0, 0.1) is 0 Å². The lowest BCUT2D eigenvalue weighted by molar-refractivity contribution is -0.132. The predicted octanol–water partition coefficient (Wildman–Crippen LogP) is 0.266. The minimum atomic E-state index is 0.136. The Morgan fingerprint density at radius 3 is 2.88 bits per heavy atom. The number of nitrogens with zero attached hydrogens (tertiary/aromatic N) is 3. The highest BCUT2D eigenvalue weighted by Crippen LogP contribution is 2.11. The van der Waals surface area contributed by atoms with Crippen molar-refractivity contribution in [3.8, 4) is 0 Å². The zero-order chi connectivity index (χ0) is 11.4. The first kappa shape index (κ1) is 11.1. The van der Waals surface area contributed by atoms with E-state index >= 15 is 0 Å². The molecule has 1 atom stereocenters. The van der Waals surface area contributed by atoms with E-state index < -0.39 is 0 Å². The van der Waals surface area contributed by atoms with Crippen LogP contribution in [0.2, 0.25) is 0 Å². The van der Waals surface area contributed by atoms with E-state index in [0.29, 0.717) is 6.42 Å². The number of rotatable bonds is 3. The van der Waals surface area contributed by atoms with Crippen molar-refractivity contribution in [2.24, 2.45) is 0 Å². The van der Waals surface area contributed by atoms with Gasteiger partial charge in [0.1, 0.15) is 0 Å². The molecule has 0 aromatic carbocycles. The summed E-state index contributed by atoms with van der Waals surface area (Å²) in [5.74, 6) is 0.226. The maximum Gasteiger partial charge on any atom is 0.224 e. The molecule has 1 saturated heterocycles. The molecule has 1 amide bonds. The Hall–Kier alpha value is -1.36. The van der Waals surface area contributed by atoms with Crippen molar-refractivity contribution in [2.45, 2.75) is 19.4 Å². The highest BCUT2D eigenvalue weighted by atomic mass is 16.2. The topological polar surface area (TPSA) is 50.2 Å². The summed E-state index contributed by atoms with van der Waals surface area (Å²) in [6.07, 6.45) is 4.17. The van der Waals surface area contributed by atoms with E-state index in [-0.39, 0.29) is 11.9 Å². The molecule has 0 saturated carbocycles. The molecule has 88 valence electrons. The molecular weight excluding hydrogens is 204 g/mol. The summed E-state index contributed by atoms with van der Waals surface area (Å²) < 4.78 is 1.83. The van der Waals surface area contributed by atoms with Crippen molar-refractivity contribution in [3.05, 3.63) is 18.5 Å². The van der Waals surface area contributed by atoms with E-state index in [1.807, 2.05) is 28.8 Å². The van der Waals surface area contributed by atoms with Crippen LogP contribution in [0.15, 0.2) is 18.5 Å². The summed E-state index contributed by atoms with van der Waals surface area (Å²) in [4.78, 5) is 13.9. The van der Waals surface area contributed by atoms with Crippen LogP contribution in [0.1, 0.15) is 19.4 Å². The molecule has 1 aromatic heterocycles. The highest BCUT2D eigenvalue weighted by molar-refractivity contribution is 5.76. The van der Waals surface area contributed by atoms with Crippen LogP contribution >= 0.6 is 0 Å². The lowest BCUT2D eigenvalue weighted by Gasteiger charge is -2.28. The molecule has 0 radical (unpaired) electrons. The average molecular weight is 222 g/mol. The van der Waals surface area contributed by atoms with E-state index in [4.69, 9.17) is 0 Å². The van der Waals surface area contributed by atoms with Crippen molar-refractivity contribution in [1.82, 2.24) is 20.0 Å². The van der Waals surface area contributed by atoms with Gasteiger partial charge in [-0.15, -0.1) is 0 Å². The maximum atomic E-state index is 12.0. The van der Waals surface area contributed by atoms with Crippen molar-refractivity contribution in [3.63, 3.8) is 0 Å². The third kappa shape index (κ3) is 2.61. The van der Waals surface area contributed by atoms with E-state index in [0.717, 1.165) is 26.2 Å². The number of aromatic nitrogens is 2. The smallest absolute Gasteiger partial charge is 0.224 e. The minimum Gasteiger partial charge on any atom is -0.340 e. The Morgan fingerprint density at radius 2 is 2.25 bits per heavy atom. The van der Waals surface area contributed by atoms with Gasteiger partial charge in [-0.2, -0.15) is 5.10 Å². The summed E-state index contributed by atoms with van der Waals surface area (Å²) >= 11 is 0. The fraction of sp³-hybridized carbons (Fsp3) is 0.636. The van der Waals surface area contributed by atoms with Crippen LogP contribution < -0.4 is 5.32 Å². The first-order valence-electron chi connectivity index (χ1n) is 5.75. The lowest BCUT2D eigenvalue weighted by atomic mass is 10.2. The third-order valence-electron chi connectivity index (χ3n) is 2.92. The second-order valence-electron chi connectivity index (χ2n) is 4.17. The van der Waals surface area contributed by atoms with Gasteiger partial charge in [-0.05, 0) is 13.0 Å². The molecule has 1 aliphatic rings. The molecular formula is C11H18N4O. The fourth-order valence-corrected chi connectivity index (χ4v) is 1.93. The Morgan fingerprint density at radius 1 is 1.50 bits per heavy atom. The maximum absolute atomic E-state index is 12.0. The van der Waals surface area contributed by atoms with E-state index in [1.54, 1.807) is 6.20 Å². The Bertz CT molecular complexity index is 330. The Kier molecular flexibility index (Phi) is 3.56. The number of hydrogen-bond donors (Lipinski definition) is 1. The molecule has 16 heavy (non-hydrogen) atoms. The van der Waals surface area contributed by atoms with Gasteiger partial charge in [-0.1, -0.05) is 0 Å². The van der Waals surface area contributed by atoms with Crippen molar-refractivity contribution in [1.29, 1.82) is 0 Å². The normalized spacial score (nSPS) is 18.4. The number of carbonyl (C=O) groups excluding carboxylic acids is 1. The van der Waals surface area contributed by atoms with Crippen LogP contribution in [0.25, 0.3) is 0 Å². The third-order valence-corrected chi connectivity index (χ3v) is 2.92. The molecule has 1 unspecified atom stereocenters.